The summed E-state index contributed by atoms with van der Waals surface area (Å²) in [5.41, 5.74) is -0.998. The first-order chi connectivity index (χ1) is 12.8. The van der Waals surface area contributed by atoms with Gasteiger partial charge in [-0.15, -0.1) is 0 Å². The summed E-state index contributed by atoms with van der Waals surface area (Å²) in [6, 6.07) is 4.02. The Labute approximate surface area is 155 Å². The highest BCUT2D eigenvalue weighted by atomic mass is 35.5. The van der Waals surface area contributed by atoms with Gasteiger partial charge in [-0.05, 0) is 24.3 Å². The number of hydrogen-bond acceptors (Lipinski definition) is 4. The van der Waals surface area contributed by atoms with Crippen LogP contribution < -0.4 is 5.32 Å². The van der Waals surface area contributed by atoms with E-state index in [-0.39, 0.29) is 27.7 Å². The number of alkyl halides is 3. The highest BCUT2D eigenvalue weighted by molar-refractivity contribution is 6.33. The summed E-state index contributed by atoms with van der Waals surface area (Å²) in [5.74, 6) is -1.59. The summed E-state index contributed by atoms with van der Waals surface area (Å²) in [6.45, 7) is 0. The van der Waals surface area contributed by atoms with Crippen LogP contribution in [0.25, 0.3) is 11.3 Å². The number of nitrogens with one attached hydrogen (secondary N) is 1. The zero-order valence-electron chi connectivity index (χ0n) is 13.3. The maximum Gasteiger partial charge on any atom is 0.416 e. The first-order valence-corrected chi connectivity index (χ1v) is 7.73. The summed E-state index contributed by atoms with van der Waals surface area (Å²) >= 11 is 5.95. The summed E-state index contributed by atoms with van der Waals surface area (Å²) in [5, 5.41) is 2.40. The van der Waals surface area contributed by atoms with Gasteiger partial charge in [-0.25, -0.2) is 9.37 Å². The lowest BCUT2D eigenvalue weighted by molar-refractivity contribution is -0.137. The molecule has 0 bridgehead atoms. The predicted octanol–water partition coefficient (Wildman–Crippen LogP) is 4.60. The van der Waals surface area contributed by atoms with E-state index in [1.54, 1.807) is 0 Å². The number of halogens is 5. The molecule has 0 aliphatic rings. The van der Waals surface area contributed by atoms with Crippen molar-refractivity contribution >= 4 is 23.3 Å². The standard InChI is InChI=1S/C17H9ClF4N4O/c18-12-2-1-9(17(20,21)22)5-11(12)14-7-25-15(8-24-14)26-16(27)10-3-4-23-6-13(10)19/h1-8H,(H,25,26,27). The van der Waals surface area contributed by atoms with E-state index in [1.807, 2.05) is 0 Å². The monoisotopic (exact) mass is 396 g/mol. The highest BCUT2D eigenvalue weighted by Crippen LogP contribution is 2.35. The van der Waals surface area contributed by atoms with Crippen molar-refractivity contribution in [3.8, 4) is 11.3 Å². The molecular weight excluding hydrogens is 388 g/mol. The van der Waals surface area contributed by atoms with Gasteiger partial charge in [0.05, 0.1) is 40.4 Å². The SMILES string of the molecule is O=C(Nc1cnc(-c2cc(C(F)(F)F)ccc2Cl)cn1)c1ccncc1F. The molecule has 2 aromatic heterocycles. The van der Waals surface area contributed by atoms with E-state index >= 15 is 0 Å². The number of anilines is 1. The van der Waals surface area contributed by atoms with Crippen molar-refractivity contribution in [3.05, 3.63) is 71.0 Å². The maximum absolute atomic E-state index is 13.5. The van der Waals surface area contributed by atoms with Crippen LogP contribution in [0.1, 0.15) is 15.9 Å². The average molecular weight is 397 g/mol. The second-order valence-corrected chi connectivity index (χ2v) is 5.70. The Balaban J connectivity index is 1.84. The Morgan fingerprint density at radius 2 is 1.85 bits per heavy atom. The molecule has 10 heteroatoms. The number of benzene rings is 1. The van der Waals surface area contributed by atoms with Crippen molar-refractivity contribution in [2.24, 2.45) is 0 Å². The molecule has 3 aromatic rings. The van der Waals surface area contributed by atoms with Gasteiger partial charge in [0.1, 0.15) is 0 Å². The fourth-order valence-corrected chi connectivity index (χ4v) is 2.39. The van der Waals surface area contributed by atoms with Crippen LogP contribution in [0, 0.1) is 5.82 Å². The molecule has 0 spiro atoms. The third-order valence-corrected chi connectivity index (χ3v) is 3.81. The van der Waals surface area contributed by atoms with E-state index in [9.17, 15) is 22.4 Å². The zero-order valence-corrected chi connectivity index (χ0v) is 14.0. The predicted molar refractivity (Wildman–Crippen MR) is 89.6 cm³/mol. The number of nitrogens with zero attached hydrogens (tertiary/aromatic N) is 3. The van der Waals surface area contributed by atoms with Crippen LogP contribution in [0.2, 0.25) is 5.02 Å². The Hall–Kier alpha value is -3.07. The Kier molecular flexibility index (Phi) is 5.04. The van der Waals surface area contributed by atoms with Crippen molar-refractivity contribution in [2.45, 2.75) is 6.18 Å². The molecule has 0 unspecified atom stereocenters. The van der Waals surface area contributed by atoms with Gasteiger partial charge in [0.25, 0.3) is 5.91 Å². The third-order valence-electron chi connectivity index (χ3n) is 3.48. The molecule has 0 saturated heterocycles. The number of pyridine rings is 1. The molecule has 0 aliphatic carbocycles. The zero-order chi connectivity index (χ0) is 19.6. The quantitative estimate of drug-likeness (QED) is 0.657. The fourth-order valence-electron chi connectivity index (χ4n) is 2.17. The Bertz CT molecular complexity index is 993. The van der Waals surface area contributed by atoms with Gasteiger partial charge in [0.2, 0.25) is 0 Å². The normalized spacial score (nSPS) is 11.3. The molecule has 138 valence electrons. The van der Waals surface area contributed by atoms with Crippen LogP contribution in [-0.4, -0.2) is 20.9 Å². The molecule has 3 rings (SSSR count). The molecule has 1 amide bonds. The van der Waals surface area contributed by atoms with Gasteiger partial charge in [-0.2, -0.15) is 13.2 Å². The van der Waals surface area contributed by atoms with E-state index in [0.29, 0.717) is 0 Å². The average Bonchev–Trinajstić information content (AvgIpc) is 2.62. The molecule has 0 fully saturated rings. The lowest BCUT2D eigenvalue weighted by Crippen LogP contribution is -2.15. The number of aromatic nitrogens is 3. The van der Waals surface area contributed by atoms with Gasteiger partial charge in [0, 0.05) is 11.8 Å². The summed E-state index contributed by atoms with van der Waals surface area (Å²) in [6.07, 6.45) is -0.111. The second-order valence-electron chi connectivity index (χ2n) is 5.29. The molecule has 27 heavy (non-hydrogen) atoms. The summed E-state index contributed by atoms with van der Waals surface area (Å²) in [4.78, 5) is 23.4. The van der Waals surface area contributed by atoms with Crippen molar-refractivity contribution in [2.75, 3.05) is 5.32 Å². The number of amides is 1. The number of carbonyl (C=O) groups excluding carboxylic acids is 1. The van der Waals surface area contributed by atoms with Crippen molar-refractivity contribution < 1.29 is 22.4 Å². The van der Waals surface area contributed by atoms with Crippen molar-refractivity contribution in [1.29, 1.82) is 0 Å². The minimum Gasteiger partial charge on any atom is -0.305 e. The molecule has 0 radical (unpaired) electrons. The molecule has 1 aromatic carbocycles. The lowest BCUT2D eigenvalue weighted by atomic mass is 10.1. The topological polar surface area (TPSA) is 67.8 Å². The first-order valence-electron chi connectivity index (χ1n) is 7.36. The van der Waals surface area contributed by atoms with Crippen molar-refractivity contribution in [1.82, 2.24) is 15.0 Å². The van der Waals surface area contributed by atoms with Crippen LogP contribution in [0.4, 0.5) is 23.4 Å². The molecule has 0 atom stereocenters. The van der Waals surface area contributed by atoms with Crippen LogP contribution in [-0.2, 0) is 6.18 Å². The van der Waals surface area contributed by atoms with Gasteiger partial charge < -0.3 is 5.32 Å². The Morgan fingerprint density at radius 1 is 1.07 bits per heavy atom. The van der Waals surface area contributed by atoms with E-state index in [0.717, 1.165) is 36.8 Å². The molecule has 1 N–H and O–H groups in total. The molecule has 0 saturated carbocycles. The molecular formula is C17H9ClF4N4O. The number of hydrogen-bond donors (Lipinski definition) is 1. The van der Waals surface area contributed by atoms with Crippen LogP contribution >= 0.6 is 11.6 Å². The van der Waals surface area contributed by atoms with Gasteiger partial charge in [-0.1, -0.05) is 11.6 Å². The third kappa shape index (κ3) is 4.20. The lowest BCUT2D eigenvalue weighted by Gasteiger charge is -2.10. The van der Waals surface area contributed by atoms with E-state index < -0.39 is 23.5 Å². The minimum absolute atomic E-state index is 0.0111. The van der Waals surface area contributed by atoms with E-state index in [1.165, 1.54) is 12.3 Å². The van der Waals surface area contributed by atoms with E-state index in [4.69, 9.17) is 11.6 Å². The van der Waals surface area contributed by atoms with Crippen molar-refractivity contribution in [3.63, 3.8) is 0 Å². The highest BCUT2D eigenvalue weighted by Gasteiger charge is 2.31. The summed E-state index contributed by atoms with van der Waals surface area (Å²) < 4.78 is 52.1. The Morgan fingerprint density at radius 3 is 2.48 bits per heavy atom. The number of carbonyl (C=O) groups is 1. The molecule has 5 nitrogen and oxygen atoms in total. The minimum atomic E-state index is -4.53. The maximum atomic E-state index is 13.5. The number of rotatable bonds is 3. The molecule has 0 aliphatic heterocycles. The van der Waals surface area contributed by atoms with Crippen LogP contribution in [0.15, 0.2) is 49.1 Å². The molecule has 2 heterocycles. The van der Waals surface area contributed by atoms with E-state index in [2.05, 4.69) is 20.3 Å². The first kappa shape index (κ1) is 18.7. The fraction of sp³-hybridized carbons (Fsp3) is 0.0588. The second kappa shape index (κ2) is 7.28. The van der Waals surface area contributed by atoms with Crippen LogP contribution in [0.3, 0.4) is 0 Å². The smallest absolute Gasteiger partial charge is 0.305 e. The van der Waals surface area contributed by atoms with Gasteiger partial charge in [0.15, 0.2) is 11.6 Å². The van der Waals surface area contributed by atoms with Crippen LogP contribution in [0.5, 0.6) is 0 Å². The van der Waals surface area contributed by atoms with Gasteiger partial charge in [-0.3, -0.25) is 14.8 Å². The largest absolute Gasteiger partial charge is 0.416 e. The van der Waals surface area contributed by atoms with Gasteiger partial charge >= 0.3 is 6.18 Å². The summed E-state index contributed by atoms with van der Waals surface area (Å²) in [7, 11) is 0.